The van der Waals surface area contributed by atoms with Gasteiger partial charge in [0.05, 0.1) is 11.0 Å². The minimum absolute atomic E-state index is 0.00750. The molecule has 4 heteroatoms. The number of imidazole rings is 1. The van der Waals surface area contributed by atoms with Gasteiger partial charge in [-0.3, -0.25) is 4.57 Å². The van der Waals surface area contributed by atoms with Gasteiger partial charge in [0.25, 0.3) is 0 Å². The summed E-state index contributed by atoms with van der Waals surface area (Å²) in [6.45, 7) is 1.74. The first-order valence-electron chi connectivity index (χ1n) is 5.69. The molecule has 1 aromatic heterocycles. The highest BCUT2D eigenvalue weighted by Gasteiger charge is 2.19. The Hall–Kier alpha value is -1.55. The van der Waals surface area contributed by atoms with Gasteiger partial charge >= 0.3 is 5.69 Å². The lowest BCUT2D eigenvalue weighted by atomic mass is 10.1. The van der Waals surface area contributed by atoms with Gasteiger partial charge in [-0.2, -0.15) is 0 Å². The molecule has 0 spiro atoms. The van der Waals surface area contributed by atoms with Crippen LogP contribution in [0.5, 0.6) is 0 Å². The molecule has 1 N–H and O–H groups in total. The predicted molar refractivity (Wildman–Crippen MR) is 62.7 cm³/mol. The van der Waals surface area contributed by atoms with Crippen molar-refractivity contribution < 1.29 is 0 Å². The van der Waals surface area contributed by atoms with Crippen molar-refractivity contribution in [1.29, 1.82) is 0 Å². The Kier molecular flexibility index (Phi) is 2.29. The van der Waals surface area contributed by atoms with Crippen molar-refractivity contribution in [3.8, 4) is 0 Å². The van der Waals surface area contributed by atoms with Crippen LogP contribution in [0.4, 0.5) is 0 Å². The molecule has 1 aromatic carbocycles. The van der Waals surface area contributed by atoms with E-state index in [2.05, 4.69) is 10.3 Å². The summed E-state index contributed by atoms with van der Waals surface area (Å²) >= 11 is 0. The number of aromatic amines is 1. The van der Waals surface area contributed by atoms with Crippen LogP contribution in [0.1, 0.15) is 18.9 Å². The van der Waals surface area contributed by atoms with Crippen molar-refractivity contribution in [2.45, 2.75) is 18.9 Å². The highest BCUT2D eigenvalue weighted by atomic mass is 16.1. The van der Waals surface area contributed by atoms with Crippen LogP contribution in [0.15, 0.2) is 29.1 Å². The third-order valence-electron chi connectivity index (χ3n) is 3.23. The summed E-state index contributed by atoms with van der Waals surface area (Å²) in [4.78, 5) is 14.8. The topological polar surface area (TPSA) is 51.9 Å². The van der Waals surface area contributed by atoms with E-state index in [1.54, 1.807) is 0 Å². The van der Waals surface area contributed by atoms with Gasteiger partial charge in [0, 0.05) is 19.1 Å². The summed E-state index contributed by atoms with van der Waals surface area (Å²) in [5.41, 5.74) is 1.95. The molecule has 2 aromatic rings. The van der Waals surface area contributed by atoms with Crippen molar-refractivity contribution in [1.82, 2.24) is 14.9 Å². The van der Waals surface area contributed by atoms with Gasteiger partial charge in [-0.05, 0) is 25.0 Å². The smallest absolute Gasteiger partial charge is 0.306 e. The van der Waals surface area contributed by atoms with E-state index >= 15 is 0 Å². The fourth-order valence-corrected chi connectivity index (χ4v) is 2.43. The van der Waals surface area contributed by atoms with Gasteiger partial charge in [-0.15, -0.1) is 0 Å². The summed E-state index contributed by atoms with van der Waals surface area (Å²) in [6, 6.07) is 8.17. The van der Waals surface area contributed by atoms with Gasteiger partial charge in [-0.1, -0.05) is 12.1 Å². The molecule has 83 valence electrons. The van der Waals surface area contributed by atoms with E-state index in [1.165, 1.54) is 0 Å². The van der Waals surface area contributed by atoms with Gasteiger partial charge in [-0.25, -0.2) is 10.1 Å². The standard InChI is InChI=1S/C12H14N3O/c16-12-14-10-3-1-2-4-11(10)15(12)9-5-7-13-8-6-9/h1-4,9H,5-8H2,(H,14,16). The van der Waals surface area contributed by atoms with E-state index in [0.29, 0.717) is 6.04 Å². The molecule has 3 rings (SSSR count). The lowest BCUT2D eigenvalue weighted by Gasteiger charge is -2.22. The van der Waals surface area contributed by atoms with Gasteiger partial charge < -0.3 is 4.98 Å². The van der Waals surface area contributed by atoms with E-state index in [1.807, 2.05) is 28.8 Å². The largest absolute Gasteiger partial charge is 0.326 e. The molecule has 0 unspecified atom stereocenters. The molecule has 4 nitrogen and oxygen atoms in total. The molecule has 1 fully saturated rings. The van der Waals surface area contributed by atoms with Crippen molar-refractivity contribution in [3.63, 3.8) is 0 Å². The number of rotatable bonds is 1. The monoisotopic (exact) mass is 216 g/mol. The Morgan fingerprint density at radius 1 is 1.25 bits per heavy atom. The highest BCUT2D eigenvalue weighted by molar-refractivity contribution is 5.75. The van der Waals surface area contributed by atoms with E-state index in [9.17, 15) is 4.79 Å². The SMILES string of the molecule is O=c1[nH]c2ccccc2n1C1CC[N]CC1. The normalized spacial score (nSPS) is 18.0. The molecule has 0 amide bonds. The van der Waals surface area contributed by atoms with Crippen molar-refractivity contribution in [2.75, 3.05) is 13.1 Å². The number of nitrogens with zero attached hydrogens (tertiary/aromatic N) is 2. The minimum Gasteiger partial charge on any atom is -0.306 e. The second-order valence-corrected chi connectivity index (χ2v) is 4.22. The number of aromatic nitrogens is 2. The number of fused-ring (bicyclic) bond motifs is 1. The number of hydrogen-bond acceptors (Lipinski definition) is 1. The molecule has 0 saturated carbocycles. The first-order chi connectivity index (χ1) is 7.86. The molecule has 0 aliphatic carbocycles. The van der Waals surface area contributed by atoms with Crippen LogP contribution < -0.4 is 11.0 Å². The highest BCUT2D eigenvalue weighted by Crippen LogP contribution is 2.21. The first kappa shape index (κ1) is 9.66. The summed E-state index contributed by atoms with van der Waals surface area (Å²) in [5.74, 6) is 0. The Morgan fingerprint density at radius 2 is 2.00 bits per heavy atom. The summed E-state index contributed by atoms with van der Waals surface area (Å²) < 4.78 is 1.89. The van der Waals surface area contributed by atoms with E-state index in [-0.39, 0.29) is 5.69 Å². The maximum atomic E-state index is 11.9. The lowest BCUT2D eigenvalue weighted by Crippen LogP contribution is -2.30. The van der Waals surface area contributed by atoms with Crippen molar-refractivity contribution in [2.24, 2.45) is 0 Å². The first-order valence-corrected chi connectivity index (χ1v) is 5.69. The van der Waals surface area contributed by atoms with Crippen LogP contribution in [0.2, 0.25) is 0 Å². The number of piperidine rings is 1. The molecule has 0 atom stereocenters. The summed E-state index contributed by atoms with van der Waals surface area (Å²) in [7, 11) is 0. The molecule has 16 heavy (non-hydrogen) atoms. The van der Waals surface area contributed by atoms with E-state index in [4.69, 9.17) is 0 Å². The third-order valence-corrected chi connectivity index (χ3v) is 3.23. The average Bonchev–Trinajstić information content (AvgIpc) is 2.66. The number of para-hydroxylation sites is 2. The van der Waals surface area contributed by atoms with Gasteiger partial charge in [0.1, 0.15) is 0 Å². The Balaban J connectivity index is 2.14. The Labute approximate surface area is 93.3 Å². The quantitative estimate of drug-likeness (QED) is 0.766. The maximum Gasteiger partial charge on any atom is 0.326 e. The number of H-pyrrole nitrogens is 1. The molecule has 1 radical (unpaired) electrons. The zero-order valence-corrected chi connectivity index (χ0v) is 9.02. The van der Waals surface area contributed by atoms with Crippen molar-refractivity contribution in [3.05, 3.63) is 34.7 Å². The molecule has 1 aliphatic rings. The zero-order valence-electron chi connectivity index (χ0n) is 9.02. The van der Waals surface area contributed by atoms with E-state index < -0.39 is 0 Å². The molecule has 2 heterocycles. The molecule has 1 saturated heterocycles. The second-order valence-electron chi connectivity index (χ2n) is 4.22. The lowest BCUT2D eigenvalue weighted by molar-refractivity contribution is 0.364. The fraction of sp³-hybridized carbons (Fsp3) is 0.417. The number of nitrogens with one attached hydrogen (secondary N) is 1. The maximum absolute atomic E-state index is 11.9. The van der Waals surface area contributed by atoms with Crippen LogP contribution in [0, 0.1) is 0 Å². The van der Waals surface area contributed by atoms with Crippen LogP contribution >= 0.6 is 0 Å². The zero-order chi connectivity index (χ0) is 11.0. The summed E-state index contributed by atoms with van der Waals surface area (Å²) in [5, 5.41) is 4.32. The number of benzene rings is 1. The van der Waals surface area contributed by atoms with Gasteiger partial charge in [0.2, 0.25) is 0 Å². The third kappa shape index (κ3) is 1.46. The predicted octanol–water partition coefficient (Wildman–Crippen LogP) is 1.27. The van der Waals surface area contributed by atoms with Crippen LogP contribution in [0.25, 0.3) is 11.0 Å². The Bertz CT molecular complexity index is 549. The van der Waals surface area contributed by atoms with Gasteiger partial charge in [0.15, 0.2) is 0 Å². The fourth-order valence-electron chi connectivity index (χ4n) is 2.43. The second kappa shape index (κ2) is 3.79. The van der Waals surface area contributed by atoms with Crippen LogP contribution in [-0.4, -0.2) is 22.6 Å². The summed E-state index contributed by atoms with van der Waals surface area (Å²) in [6.07, 6.45) is 1.95. The Morgan fingerprint density at radius 3 is 2.81 bits per heavy atom. The van der Waals surface area contributed by atoms with Crippen molar-refractivity contribution >= 4 is 11.0 Å². The van der Waals surface area contributed by atoms with Crippen LogP contribution in [-0.2, 0) is 0 Å². The molecular formula is C12H14N3O. The molecular weight excluding hydrogens is 202 g/mol. The number of hydrogen-bond donors (Lipinski definition) is 1. The average molecular weight is 216 g/mol. The molecule has 0 bridgehead atoms. The van der Waals surface area contributed by atoms with E-state index in [0.717, 1.165) is 37.0 Å². The van der Waals surface area contributed by atoms with Crippen LogP contribution in [0.3, 0.4) is 0 Å². The minimum atomic E-state index is 0.00750. The molecule has 1 aliphatic heterocycles.